The van der Waals surface area contributed by atoms with E-state index in [0.29, 0.717) is 24.9 Å². The Balaban J connectivity index is 1.87. The number of nitrogens with zero attached hydrogens (tertiary/aromatic N) is 1. The van der Waals surface area contributed by atoms with Gasteiger partial charge in [-0.15, -0.1) is 0 Å². The van der Waals surface area contributed by atoms with Gasteiger partial charge in [-0.1, -0.05) is 12.1 Å². The Kier molecular flexibility index (Phi) is 7.33. The summed E-state index contributed by atoms with van der Waals surface area (Å²) in [6.07, 6.45) is 1.18. The van der Waals surface area contributed by atoms with E-state index in [1.54, 1.807) is 12.1 Å². The van der Waals surface area contributed by atoms with Gasteiger partial charge in [0.1, 0.15) is 17.8 Å². The molecule has 2 atom stereocenters. The Bertz CT molecular complexity index is 736. The topological polar surface area (TPSA) is 162 Å². The Labute approximate surface area is 161 Å². The maximum Gasteiger partial charge on any atom is 0.326 e. The highest BCUT2D eigenvalue weighted by Crippen LogP contribution is 2.17. The van der Waals surface area contributed by atoms with Crippen molar-refractivity contribution in [3.05, 3.63) is 29.8 Å². The van der Waals surface area contributed by atoms with Crippen molar-refractivity contribution in [1.82, 2.24) is 15.5 Å². The number of aliphatic carboxylic acids is 1. The fourth-order valence-corrected chi connectivity index (χ4v) is 3.05. The van der Waals surface area contributed by atoms with Crippen molar-refractivity contribution in [2.45, 2.75) is 31.3 Å². The molecule has 10 heteroatoms. The van der Waals surface area contributed by atoms with E-state index >= 15 is 0 Å². The number of benzene rings is 1. The number of carbonyl (C=O) groups excluding carboxylic acids is 3. The van der Waals surface area contributed by atoms with Crippen molar-refractivity contribution >= 4 is 23.7 Å². The highest BCUT2D eigenvalue weighted by Gasteiger charge is 2.33. The molecule has 0 spiro atoms. The van der Waals surface area contributed by atoms with Gasteiger partial charge in [-0.3, -0.25) is 14.4 Å². The van der Waals surface area contributed by atoms with Crippen LogP contribution in [-0.2, 0) is 25.6 Å². The summed E-state index contributed by atoms with van der Waals surface area (Å²) in [6, 6.07) is 4.11. The van der Waals surface area contributed by atoms with Crippen LogP contribution < -0.4 is 16.4 Å². The molecule has 0 aliphatic carbocycles. The first-order chi connectivity index (χ1) is 13.3. The number of carboxylic acid groups (broad SMARTS) is 1. The molecule has 1 heterocycles. The van der Waals surface area contributed by atoms with Crippen LogP contribution in [0.3, 0.4) is 0 Å². The van der Waals surface area contributed by atoms with Gasteiger partial charge in [0.25, 0.3) is 0 Å². The number of hydrogen-bond acceptors (Lipinski definition) is 6. The normalized spacial score (nSPS) is 17.0. The molecule has 28 heavy (non-hydrogen) atoms. The van der Waals surface area contributed by atoms with Gasteiger partial charge < -0.3 is 31.5 Å². The second-order valence-corrected chi connectivity index (χ2v) is 6.50. The predicted molar refractivity (Wildman–Crippen MR) is 98.2 cm³/mol. The average molecular weight is 392 g/mol. The summed E-state index contributed by atoms with van der Waals surface area (Å²) in [7, 11) is 0. The lowest BCUT2D eigenvalue weighted by atomic mass is 10.1. The number of rotatable bonds is 8. The summed E-state index contributed by atoms with van der Waals surface area (Å²) < 4.78 is 0. The van der Waals surface area contributed by atoms with E-state index in [9.17, 15) is 29.4 Å². The highest BCUT2D eigenvalue weighted by molar-refractivity contribution is 5.92. The average Bonchev–Trinajstić information content (AvgIpc) is 3.16. The van der Waals surface area contributed by atoms with Crippen LogP contribution >= 0.6 is 0 Å². The number of aromatic hydroxyl groups is 1. The Morgan fingerprint density at radius 1 is 1.21 bits per heavy atom. The Morgan fingerprint density at radius 2 is 1.89 bits per heavy atom. The fraction of sp³-hybridized carbons (Fsp3) is 0.444. The van der Waals surface area contributed by atoms with Crippen molar-refractivity contribution in [1.29, 1.82) is 0 Å². The molecule has 0 bridgehead atoms. The van der Waals surface area contributed by atoms with E-state index < -0.39 is 36.4 Å². The smallest absolute Gasteiger partial charge is 0.326 e. The lowest BCUT2D eigenvalue weighted by Crippen LogP contribution is -2.51. The quantitative estimate of drug-likeness (QED) is 0.362. The van der Waals surface area contributed by atoms with Gasteiger partial charge in [0.05, 0.1) is 13.1 Å². The van der Waals surface area contributed by atoms with Crippen molar-refractivity contribution in [3.63, 3.8) is 0 Å². The molecule has 0 aromatic heterocycles. The molecule has 2 rings (SSSR count). The summed E-state index contributed by atoms with van der Waals surface area (Å²) in [5, 5.41) is 23.4. The predicted octanol–water partition coefficient (Wildman–Crippen LogP) is -1.43. The summed E-state index contributed by atoms with van der Waals surface area (Å²) >= 11 is 0. The molecule has 6 N–H and O–H groups in total. The molecule has 10 nitrogen and oxygen atoms in total. The van der Waals surface area contributed by atoms with E-state index in [1.807, 2.05) is 0 Å². The molecule has 1 fully saturated rings. The molecule has 3 amide bonds. The number of carboxylic acids is 1. The van der Waals surface area contributed by atoms with Gasteiger partial charge in [-0.25, -0.2) is 4.79 Å². The number of amides is 3. The van der Waals surface area contributed by atoms with Crippen LogP contribution in [0.2, 0.25) is 0 Å². The molecule has 0 saturated carbocycles. The molecular formula is C18H24N4O6. The Morgan fingerprint density at radius 3 is 2.50 bits per heavy atom. The van der Waals surface area contributed by atoms with Crippen molar-refractivity contribution in [2.75, 3.05) is 19.6 Å². The standard InChI is InChI=1S/C18H24N4O6/c19-9-16(25)22-7-1-2-14(22)17(26)20-10-15(24)21-13(18(27)28)8-11-3-5-12(23)6-4-11/h3-6,13-14,23H,1-2,7-10,19H2,(H,20,26)(H,21,24)(H,27,28). The maximum absolute atomic E-state index is 12.3. The third kappa shape index (κ3) is 5.68. The summed E-state index contributed by atoms with van der Waals surface area (Å²) in [6.45, 7) is -0.158. The van der Waals surface area contributed by atoms with E-state index in [1.165, 1.54) is 17.0 Å². The van der Waals surface area contributed by atoms with E-state index in [2.05, 4.69) is 10.6 Å². The maximum atomic E-state index is 12.3. The fourth-order valence-electron chi connectivity index (χ4n) is 3.05. The monoisotopic (exact) mass is 392 g/mol. The number of phenolic OH excluding ortho intramolecular Hbond substituents is 1. The molecule has 1 aromatic rings. The molecule has 1 saturated heterocycles. The minimum Gasteiger partial charge on any atom is -0.508 e. The first-order valence-electron chi connectivity index (χ1n) is 8.89. The van der Waals surface area contributed by atoms with Crippen LogP contribution in [0.15, 0.2) is 24.3 Å². The number of nitrogens with two attached hydrogens (primary N) is 1. The Hall–Kier alpha value is -3.14. The lowest BCUT2D eigenvalue weighted by molar-refractivity contribution is -0.142. The van der Waals surface area contributed by atoms with Gasteiger partial charge in [0.2, 0.25) is 17.7 Å². The first kappa shape index (κ1) is 21.2. The van der Waals surface area contributed by atoms with Crippen LogP contribution in [0.5, 0.6) is 5.75 Å². The molecule has 1 aliphatic rings. The minimum absolute atomic E-state index is 0.0245. The van der Waals surface area contributed by atoms with Gasteiger partial charge in [-0.2, -0.15) is 0 Å². The first-order valence-corrected chi connectivity index (χ1v) is 8.89. The molecule has 152 valence electrons. The van der Waals surface area contributed by atoms with Gasteiger partial charge >= 0.3 is 5.97 Å². The van der Waals surface area contributed by atoms with Gasteiger partial charge in [0.15, 0.2) is 0 Å². The van der Waals surface area contributed by atoms with Gasteiger partial charge in [-0.05, 0) is 30.5 Å². The van der Waals surface area contributed by atoms with Crippen LogP contribution in [-0.4, -0.2) is 70.5 Å². The zero-order chi connectivity index (χ0) is 20.7. The second kappa shape index (κ2) is 9.70. The molecule has 1 aliphatic heterocycles. The molecule has 0 radical (unpaired) electrons. The van der Waals surface area contributed by atoms with Crippen LogP contribution in [0.25, 0.3) is 0 Å². The third-order valence-electron chi connectivity index (χ3n) is 4.48. The SMILES string of the molecule is NCC(=O)N1CCCC1C(=O)NCC(=O)NC(Cc1ccc(O)cc1)C(=O)O. The van der Waals surface area contributed by atoms with Crippen molar-refractivity contribution in [2.24, 2.45) is 5.73 Å². The summed E-state index contributed by atoms with van der Waals surface area (Å²) in [5.74, 6) is -2.63. The zero-order valence-electron chi connectivity index (χ0n) is 15.3. The number of nitrogens with one attached hydrogen (secondary N) is 2. The van der Waals surface area contributed by atoms with Crippen LogP contribution in [0, 0.1) is 0 Å². The molecule has 2 unspecified atom stereocenters. The number of hydrogen-bond donors (Lipinski definition) is 5. The largest absolute Gasteiger partial charge is 0.508 e. The third-order valence-corrected chi connectivity index (χ3v) is 4.48. The molecule has 1 aromatic carbocycles. The second-order valence-electron chi connectivity index (χ2n) is 6.50. The van der Waals surface area contributed by atoms with Gasteiger partial charge in [0, 0.05) is 13.0 Å². The van der Waals surface area contributed by atoms with Crippen LogP contribution in [0.4, 0.5) is 0 Å². The highest BCUT2D eigenvalue weighted by atomic mass is 16.4. The number of phenols is 1. The lowest BCUT2D eigenvalue weighted by Gasteiger charge is -2.23. The van der Waals surface area contributed by atoms with E-state index in [4.69, 9.17) is 5.73 Å². The zero-order valence-corrected chi connectivity index (χ0v) is 15.3. The summed E-state index contributed by atoms with van der Waals surface area (Å²) in [5.41, 5.74) is 5.96. The minimum atomic E-state index is -1.22. The molecular weight excluding hydrogens is 368 g/mol. The number of likely N-dealkylation sites (tertiary alicyclic amines) is 1. The van der Waals surface area contributed by atoms with E-state index in [0.717, 1.165) is 0 Å². The van der Waals surface area contributed by atoms with Crippen molar-refractivity contribution in [3.8, 4) is 5.75 Å². The number of carbonyl (C=O) groups is 4. The van der Waals surface area contributed by atoms with Crippen molar-refractivity contribution < 1.29 is 29.4 Å². The van der Waals surface area contributed by atoms with E-state index in [-0.39, 0.29) is 24.6 Å². The summed E-state index contributed by atoms with van der Waals surface area (Å²) in [4.78, 5) is 48.8. The van der Waals surface area contributed by atoms with Crippen LogP contribution in [0.1, 0.15) is 18.4 Å².